The van der Waals surface area contributed by atoms with Crippen molar-refractivity contribution in [1.82, 2.24) is 0 Å². The van der Waals surface area contributed by atoms with Crippen LogP contribution < -0.4 is 0 Å². The Morgan fingerprint density at radius 2 is 2.12 bits per heavy atom. The fourth-order valence-electron chi connectivity index (χ4n) is 2.80. The summed E-state index contributed by atoms with van der Waals surface area (Å²) in [7, 11) is 1.70. The molecule has 1 aliphatic carbocycles. The molecule has 0 heterocycles. The highest BCUT2D eigenvalue weighted by atomic mass is 16.5. The van der Waals surface area contributed by atoms with Gasteiger partial charge >= 0.3 is 0 Å². The maximum Gasteiger partial charge on any atom is 0.139 e. The Kier molecular flexibility index (Phi) is 4.97. The average molecular weight is 226 g/mol. The number of ether oxygens (including phenoxy) is 1. The summed E-state index contributed by atoms with van der Waals surface area (Å²) in [6.45, 7) is 7.24. The minimum absolute atomic E-state index is 0.155. The molecule has 0 bridgehead atoms. The molecular weight excluding hydrogens is 200 g/mol. The molecule has 2 atom stereocenters. The van der Waals surface area contributed by atoms with Crippen molar-refractivity contribution in [2.24, 2.45) is 17.3 Å². The number of hydrogen-bond acceptors (Lipinski definition) is 2. The summed E-state index contributed by atoms with van der Waals surface area (Å²) in [6.07, 6.45) is 5.64. The van der Waals surface area contributed by atoms with E-state index in [0.29, 0.717) is 12.4 Å². The van der Waals surface area contributed by atoms with Gasteiger partial charge in [-0.1, -0.05) is 33.6 Å². The van der Waals surface area contributed by atoms with Gasteiger partial charge < -0.3 is 4.74 Å². The molecule has 0 aromatic rings. The molecule has 0 aromatic heterocycles. The van der Waals surface area contributed by atoms with Gasteiger partial charge in [0.15, 0.2) is 0 Å². The highest BCUT2D eigenvalue weighted by Gasteiger charge is 2.38. The van der Waals surface area contributed by atoms with E-state index in [9.17, 15) is 4.79 Å². The molecule has 1 saturated carbocycles. The lowest BCUT2D eigenvalue weighted by Crippen LogP contribution is -2.37. The number of ketones is 1. The second-order valence-corrected chi connectivity index (χ2v) is 5.87. The van der Waals surface area contributed by atoms with E-state index in [1.165, 1.54) is 19.3 Å². The number of Topliss-reactive ketones (excluding diaryl/α,β-unsaturated/α-hetero) is 1. The Morgan fingerprint density at radius 1 is 1.44 bits per heavy atom. The van der Waals surface area contributed by atoms with Gasteiger partial charge in [0.1, 0.15) is 5.78 Å². The lowest BCUT2D eigenvalue weighted by atomic mass is 9.65. The fourth-order valence-corrected chi connectivity index (χ4v) is 2.80. The van der Waals surface area contributed by atoms with Crippen molar-refractivity contribution in [2.45, 2.75) is 52.9 Å². The van der Waals surface area contributed by atoms with Crippen molar-refractivity contribution in [3.8, 4) is 0 Å². The minimum Gasteiger partial charge on any atom is -0.385 e. The molecule has 2 unspecified atom stereocenters. The Hall–Kier alpha value is -0.370. The molecule has 16 heavy (non-hydrogen) atoms. The number of carbonyl (C=O) groups is 1. The van der Waals surface area contributed by atoms with Gasteiger partial charge in [0, 0.05) is 25.6 Å². The van der Waals surface area contributed by atoms with Gasteiger partial charge in [-0.05, 0) is 24.7 Å². The van der Waals surface area contributed by atoms with Crippen molar-refractivity contribution < 1.29 is 9.53 Å². The summed E-state index contributed by atoms with van der Waals surface area (Å²) in [4.78, 5) is 12.4. The normalized spacial score (nSPS) is 26.4. The molecule has 0 amide bonds. The maximum absolute atomic E-state index is 12.4. The van der Waals surface area contributed by atoms with Crippen molar-refractivity contribution >= 4 is 5.78 Å². The van der Waals surface area contributed by atoms with Crippen LogP contribution in [0.25, 0.3) is 0 Å². The van der Waals surface area contributed by atoms with Crippen LogP contribution in [0.1, 0.15) is 52.9 Å². The van der Waals surface area contributed by atoms with E-state index in [1.807, 2.05) is 6.92 Å². The van der Waals surface area contributed by atoms with E-state index in [-0.39, 0.29) is 17.3 Å². The largest absolute Gasteiger partial charge is 0.385 e. The lowest BCUT2D eigenvalue weighted by molar-refractivity contribution is -0.132. The smallest absolute Gasteiger partial charge is 0.139 e. The van der Waals surface area contributed by atoms with Gasteiger partial charge in [-0.2, -0.15) is 0 Å². The van der Waals surface area contributed by atoms with Crippen LogP contribution in [-0.2, 0) is 9.53 Å². The van der Waals surface area contributed by atoms with Crippen LogP contribution in [0.2, 0.25) is 0 Å². The first kappa shape index (κ1) is 13.7. The Bertz CT molecular complexity index is 233. The predicted octanol–water partition coefficient (Wildman–Crippen LogP) is 3.44. The molecule has 2 heteroatoms. The Balaban J connectivity index is 2.57. The fraction of sp³-hybridized carbons (Fsp3) is 0.929. The molecular formula is C14H26O2. The molecule has 1 aliphatic rings. The minimum atomic E-state index is 0.155. The molecule has 1 rings (SSSR count). The van der Waals surface area contributed by atoms with Gasteiger partial charge in [-0.15, -0.1) is 0 Å². The van der Waals surface area contributed by atoms with Crippen molar-refractivity contribution in [3.05, 3.63) is 0 Å². The topological polar surface area (TPSA) is 26.3 Å². The summed E-state index contributed by atoms with van der Waals surface area (Å²) < 4.78 is 5.05. The van der Waals surface area contributed by atoms with Crippen LogP contribution in [0.4, 0.5) is 0 Å². The van der Waals surface area contributed by atoms with Gasteiger partial charge in [0.2, 0.25) is 0 Å². The second-order valence-electron chi connectivity index (χ2n) is 5.87. The van der Waals surface area contributed by atoms with Crippen LogP contribution in [0.15, 0.2) is 0 Å². The van der Waals surface area contributed by atoms with E-state index in [0.717, 1.165) is 12.8 Å². The average Bonchev–Trinajstić information content (AvgIpc) is 2.24. The van der Waals surface area contributed by atoms with E-state index < -0.39 is 0 Å². The number of carbonyl (C=O) groups excluding carboxylic acids is 1. The number of rotatable bonds is 5. The highest BCUT2D eigenvalue weighted by Crippen LogP contribution is 2.42. The van der Waals surface area contributed by atoms with Crippen LogP contribution in [0, 0.1) is 17.3 Å². The molecule has 1 fully saturated rings. The van der Waals surface area contributed by atoms with Crippen molar-refractivity contribution in [3.63, 3.8) is 0 Å². The SMILES string of the molecule is COCCC(C)C(=O)C1CCCCC1(C)C. The molecule has 2 nitrogen and oxygen atoms in total. The van der Waals surface area contributed by atoms with E-state index in [1.54, 1.807) is 7.11 Å². The van der Waals surface area contributed by atoms with Crippen LogP contribution in [-0.4, -0.2) is 19.5 Å². The zero-order valence-corrected chi connectivity index (χ0v) is 11.2. The standard InChI is InChI=1S/C14H26O2/c1-11(8-10-16-4)13(15)12-7-5-6-9-14(12,2)3/h11-12H,5-10H2,1-4H3. The number of hydrogen-bond donors (Lipinski definition) is 0. The van der Waals surface area contributed by atoms with E-state index >= 15 is 0 Å². The molecule has 0 saturated heterocycles. The summed E-state index contributed by atoms with van der Waals surface area (Å²) in [5, 5.41) is 0. The zero-order valence-electron chi connectivity index (χ0n) is 11.2. The molecule has 0 aromatic carbocycles. The third-order valence-electron chi connectivity index (χ3n) is 4.09. The first-order valence-electron chi connectivity index (χ1n) is 6.51. The van der Waals surface area contributed by atoms with Crippen molar-refractivity contribution in [2.75, 3.05) is 13.7 Å². The lowest BCUT2D eigenvalue weighted by Gasteiger charge is -2.38. The first-order chi connectivity index (χ1) is 7.49. The predicted molar refractivity (Wildman–Crippen MR) is 66.4 cm³/mol. The van der Waals surface area contributed by atoms with Crippen LogP contribution >= 0.6 is 0 Å². The highest BCUT2D eigenvalue weighted by molar-refractivity contribution is 5.83. The third-order valence-corrected chi connectivity index (χ3v) is 4.09. The number of methoxy groups -OCH3 is 1. The van der Waals surface area contributed by atoms with E-state index in [2.05, 4.69) is 13.8 Å². The van der Waals surface area contributed by atoms with Crippen LogP contribution in [0.3, 0.4) is 0 Å². The quantitative estimate of drug-likeness (QED) is 0.717. The monoisotopic (exact) mass is 226 g/mol. The van der Waals surface area contributed by atoms with Gasteiger partial charge in [-0.3, -0.25) is 4.79 Å². The van der Waals surface area contributed by atoms with Gasteiger partial charge in [0.25, 0.3) is 0 Å². The molecule has 94 valence electrons. The summed E-state index contributed by atoms with van der Waals surface area (Å²) in [5.41, 5.74) is 0.205. The zero-order chi connectivity index (χ0) is 12.2. The third kappa shape index (κ3) is 3.31. The maximum atomic E-state index is 12.4. The first-order valence-corrected chi connectivity index (χ1v) is 6.51. The van der Waals surface area contributed by atoms with Gasteiger partial charge in [0.05, 0.1) is 0 Å². The van der Waals surface area contributed by atoms with E-state index in [4.69, 9.17) is 4.74 Å². The summed E-state index contributed by atoms with van der Waals surface area (Å²) >= 11 is 0. The molecule has 0 N–H and O–H groups in total. The summed E-state index contributed by atoms with van der Waals surface area (Å²) in [6, 6.07) is 0. The molecule has 0 aliphatic heterocycles. The van der Waals surface area contributed by atoms with Crippen molar-refractivity contribution in [1.29, 1.82) is 0 Å². The molecule has 0 spiro atoms. The molecule has 0 radical (unpaired) electrons. The second kappa shape index (κ2) is 5.81. The Labute approximate surface area is 99.8 Å². The van der Waals surface area contributed by atoms with Gasteiger partial charge in [-0.25, -0.2) is 0 Å². The van der Waals surface area contributed by atoms with Crippen LogP contribution in [0.5, 0.6) is 0 Å². The summed E-state index contributed by atoms with van der Waals surface area (Å²) in [5.74, 6) is 0.886. The Morgan fingerprint density at radius 3 is 2.69 bits per heavy atom.